The van der Waals surface area contributed by atoms with Gasteiger partial charge >= 0.3 is 39.5 Å². The fourth-order valence-corrected chi connectivity index (χ4v) is 12.5. The summed E-state index contributed by atoms with van der Waals surface area (Å²) in [6.07, 6.45) is 53.8. The number of unbranched alkanes of at least 4 members (excludes halogenated alkanes) is 36. The Balaban J connectivity index is 5.23. The Morgan fingerprint density at radius 3 is 0.862 bits per heavy atom. The van der Waals surface area contributed by atoms with Gasteiger partial charge in [0.15, 0.2) is 12.2 Å². The summed E-state index contributed by atoms with van der Waals surface area (Å²) in [5, 5.41) is 10.6. The molecular weight excluding hydrogens is 1230 g/mol. The lowest BCUT2D eigenvalue weighted by molar-refractivity contribution is -0.161. The first-order chi connectivity index (χ1) is 45.2. The monoisotopic (exact) mass is 1380 g/mol. The second-order valence-electron chi connectivity index (χ2n) is 27.8. The highest BCUT2D eigenvalue weighted by Gasteiger charge is 2.30. The van der Waals surface area contributed by atoms with E-state index in [0.29, 0.717) is 31.6 Å². The number of hydrogen-bond acceptors (Lipinski definition) is 15. The average Bonchev–Trinajstić information content (AvgIpc) is 1.25. The van der Waals surface area contributed by atoms with Crippen LogP contribution in [0.15, 0.2) is 24.3 Å². The molecule has 0 aromatic heterocycles. The van der Waals surface area contributed by atoms with E-state index in [0.717, 1.165) is 127 Å². The lowest BCUT2D eigenvalue weighted by atomic mass is 10.0. The molecule has 0 rings (SSSR count). The highest BCUT2D eigenvalue weighted by molar-refractivity contribution is 7.47. The lowest BCUT2D eigenvalue weighted by Crippen LogP contribution is -2.30. The second kappa shape index (κ2) is 65.2. The van der Waals surface area contributed by atoms with Crippen molar-refractivity contribution in [2.24, 2.45) is 17.8 Å². The van der Waals surface area contributed by atoms with E-state index in [1.54, 1.807) is 0 Å². The molecule has 0 saturated heterocycles. The Kier molecular flexibility index (Phi) is 63.5. The molecule has 0 aliphatic rings. The van der Waals surface area contributed by atoms with E-state index in [9.17, 15) is 43.2 Å². The van der Waals surface area contributed by atoms with Gasteiger partial charge in [0.25, 0.3) is 0 Å². The highest BCUT2D eigenvalue weighted by Crippen LogP contribution is 2.45. The van der Waals surface area contributed by atoms with Crippen LogP contribution in [0.4, 0.5) is 0 Å². The molecule has 0 bridgehead atoms. The van der Waals surface area contributed by atoms with Crippen LogP contribution >= 0.6 is 15.6 Å². The van der Waals surface area contributed by atoms with Crippen molar-refractivity contribution < 1.29 is 80.2 Å². The molecular formula is C75H142O17P2. The minimum atomic E-state index is -4.96. The molecule has 3 unspecified atom stereocenters. The van der Waals surface area contributed by atoms with Crippen LogP contribution in [0.3, 0.4) is 0 Å². The molecule has 94 heavy (non-hydrogen) atoms. The van der Waals surface area contributed by atoms with Crippen LogP contribution in [0, 0.1) is 17.8 Å². The number of esters is 4. The van der Waals surface area contributed by atoms with Crippen LogP contribution in [0.5, 0.6) is 0 Å². The van der Waals surface area contributed by atoms with Gasteiger partial charge in [0.1, 0.15) is 19.3 Å². The van der Waals surface area contributed by atoms with Gasteiger partial charge in [0, 0.05) is 25.7 Å². The van der Waals surface area contributed by atoms with Crippen molar-refractivity contribution in [1.82, 2.24) is 0 Å². The number of aliphatic hydroxyl groups excluding tert-OH is 1. The molecule has 0 aromatic carbocycles. The molecule has 0 saturated carbocycles. The van der Waals surface area contributed by atoms with Crippen LogP contribution in [0.2, 0.25) is 0 Å². The SMILES string of the molecule is CCCCCC/C=C\C=C/CCCCCCCC(=O)O[C@H](COC(=O)CCCCCCCCCCC(C)C)COP(=O)(O)OCC(O)COP(=O)(O)OC[C@@H](COC(=O)CCCCCCCCC(C)C)OC(=O)CCCCCCCCCCCCCCCCCCC(C)C. The van der Waals surface area contributed by atoms with E-state index in [1.165, 1.54) is 141 Å². The number of phosphoric acid groups is 2. The van der Waals surface area contributed by atoms with Gasteiger partial charge in [-0.2, -0.15) is 0 Å². The van der Waals surface area contributed by atoms with Crippen molar-refractivity contribution in [2.75, 3.05) is 39.6 Å². The van der Waals surface area contributed by atoms with E-state index in [4.69, 9.17) is 37.0 Å². The van der Waals surface area contributed by atoms with Crippen LogP contribution in [-0.4, -0.2) is 96.7 Å². The summed E-state index contributed by atoms with van der Waals surface area (Å²) in [6.45, 7) is 11.7. The molecule has 0 aromatic rings. The largest absolute Gasteiger partial charge is 0.472 e. The number of hydrogen-bond donors (Lipinski definition) is 3. The molecule has 0 heterocycles. The zero-order chi connectivity index (χ0) is 69.4. The van der Waals surface area contributed by atoms with Gasteiger partial charge in [0.2, 0.25) is 0 Å². The molecule has 554 valence electrons. The molecule has 0 radical (unpaired) electrons. The maximum absolute atomic E-state index is 13.0. The first-order valence-corrected chi connectivity index (χ1v) is 41.2. The maximum atomic E-state index is 13.0. The molecule has 0 fully saturated rings. The van der Waals surface area contributed by atoms with Gasteiger partial charge in [-0.05, 0) is 69.1 Å². The number of phosphoric ester groups is 2. The molecule has 19 heteroatoms. The van der Waals surface area contributed by atoms with Gasteiger partial charge in [0.05, 0.1) is 26.4 Å². The fraction of sp³-hybridized carbons (Fsp3) is 0.893. The van der Waals surface area contributed by atoms with E-state index < -0.39 is 97.5 Å². The molecule has 0 spiro atoms. The van der Waals surface area contributed by atoms with Crippen molar-refractivity contribution in [1.29, 1.82) is 0 Å². The minimum Gasteiger partial charge on any atom is -0.462 e. The van der Waals surface area contributed by atoms with Crippen molar-refractivity contribution >= 4 is 39.5 Å². The van der Waals surface area contributed by atoms with Gasteiger partial charge in [-0.3, -0.25) is 37.3 Å². The van der Waals surface area contributed by atoms with Crippen LogP contribution in [0.25, 0.3) is 0 Å². The lowest BCUT2D eigenvalue weighted by Gasteiger charge is -2.21. The number of ether oxygens (including phenoxy) is 4. The topological polar surface area (TPSA) is 237 Å². The average molecular weight is 1380 g/mol. The number of aliphatic hydroxyl groups is 1. The summed E-state index contributed by atoms with van der Waals surface area (Å²) < 4.78 is 68.4. The first kappa shape index (κ1) is 91.5. The van der Waals surface area contributed by atoms with Crippen molar-refractivity contribution in [2.45, 2.75) is 375 Å². The molecule has 0 aliphatic carbocycles. The third-order valence-corrected chi connectivity index (χ3v) is 18.7. The summed E-state index contributed by atoms with van der Waals surface area (Å²) in [7, 11) is -9.92. The van der Waals surface area contributed by atoms with E-state index in [2.05, 4.69) is 72.8 Å². The normalized spacial score (nSPS) is 14.3. The Labute approximate surface area is 573 Å². The second-order valence-corrected chi connectivity index (χ2v) is 30.7. The van der Waals surface area contributed by atoms with E-state index >= 15 is 0 Å². The van der Waals surface area contributed by atoms with Crippen molar-refractivity contribution in [3.8, 4) is 0 Å². The van der Waals surface area contributed by atoms with Crippen LogP contribution in [0.1, 0.15) is 357 Å². The zero-order valence-electron chi connectivity index (χ0n) is 60.9. The number of carbonyl (C=O) groups excluding carboxylic acids is 4. The van der Waals surface area contributed by atoms with Crippen LogP contribution in [-0.2, 0) is 65.4 Å². The third-order valence-electron chi connectivity index (χ3n) is 16.8. The number of carbonyl (C=O) groups is 4. The van der Waals surface area contributed by atoms with Crippen molar-refractivity contribution in [3.63, 3.8) is 0 Å². The number of rotatable bonds is 71. The van der Waals surface area contributed by atoms with Gasteiger partial charge in [-0.1, -0.05) is 304 Å². The Hall–Kier alpha value is -2.46. The zero-order valence-corrected chi connectivity index (χ0v) is 62.7. The minimum absolute atomic E-state index is 0.0841. The molecule has 0 amide bonds. The Morgan fingerprint density at radius 2 is 0.574 bits per heavy atom. The summed E-state index contributed by atoms with van der Waals surface area (Å²) in [5.41, 5.74) is 0. The smallest absolute Gasteiger partial charge is 0.462 e. The van der Waals surface area contributed by atoms with E-state index in [1.807, 2.05) is 0 Å². The Bertz CT molecular complexity index is 1930. The molecule has 3 N–H and O–H groups in total. The quantitative estimate of drug-likeness (QED) is 0.0169. The summed E-state index contributed by atoms with van der Waals surface area (Å²) in [5.74, 6) is 0.0556. The first-order valence-electron chi connectivity index (χ1n) is 38.2. The summed E-state index contributed by atoms with van der Waals surface area (Å²) >= 11 is 0. The molecule has 0 aliphatic heterocycles. The Morgan fingerprint density at radius 1 is 0.330 bits per heavy atom. The summed E-state index contributed by atoms with van der Waals surface area (Å²) in [6, 6.07) is 0. The predicted molar refractivity (Wildman–Crippen MR) is 381 cm³/mol. The third kappa shape index (κ3) is 68.1. The standard InChI is InChI=1S/C75H142O17P2/c1-8-9-10-11-12-13-14-15-18-22-25-28-35-44-51-58-74(79)91-70(62-85-72(77)56-49-42-34-31-30-33-40-47-54-67(4)5)64-89-93(81,82)87-60-69(76)61-88-94(83,84)90-65-71(63-86-73(78)57-50-43-38-37-41-48-55-68(6)7)92-75(80)59-52-45-36-29-26-23-20-17-16-19-21-24-27-32-39-46-53-66(2)3/h13-15,18,66-71,76H,8-12,16-17,19-65H2,1-7H3,(H,81,82)(H,83,84)/b14-13-,18-15-/t69?,70-,71-/m1/s1. The summed E-state index contributed by atoms with van der Waals surface area (Å²) in [4.78, 5) is 72.7. The fourth-order valence-electron chi connectivity index (χ4n) is 10.9. The molecule has 5 atom stereocenters. The maximum Gasteiger partial charge on any atom is 0.472 e. The number of allylic oxidation sites excluding steroid dienone is 4. The van der Waals surface area contributed by atoms with Gasteiger partial charge < -0.3 is 33.8 Å². The molecule has 17 nitrogen and oxygen atoms in total. The van der Waals surface area contributed by atoms with Gasteiger partial charge in [-0.25, -0.2) is 9.13 Å². The van der Waals surface area contributed by atoms with Gasteiger partial charge in [-0.15, -0.1) is 0 Å². The van der Waals surface area contributed by atoms with E-state index in [-0.39, 0.29) is 25.7 Å². The highest BCUT2D eigenvalue weighted by atomic mass is 31.2. The predicted octanol–water partition coefficient (Wildman–Crippen LogP) is 21.3. The van der Waals surface area contributed by atoms with Crippen molar-refractivity contribution in [3.05, 3.63) is 24.3 Å². The van der Waals surface area contributed by atoms with Crippen LogP contribution < -0.4 is 0 Å².